The van der Waals surface area contributed by atoms with Crippen LogP contribution < -0.4 is 4.74 Å². The molecule has 82 valence electrons. The van der Waals surface area contributed by atoms with E-state index < -0.39 is 0 Å². The van der Waals surface area contributed by atoms with Crippen molar-refractivity contribution in [2.24, 2.45) is 0 Å². The lowest BCUT2D eigenvalue weighted by Gasteiger charge is -2.05. The SMILES string of the molecule is SSSc1ccc(Oc2ccccc2)cc1. The third kappa shape index (κ3) is 3.40. The summed E-state index contributed by atoms with van der Waals surface area (Å²) in [6.07, 6.45) is 0. The van der Waals surface area contributed by atoms with Gasteiger partial charge in [-0.3, -0.25) is 0 Å². The molecule has 0 unspecified atom stereocenters. The van der Waals surface area contributed by atoms with E-state index in [2.05, 4.69) is 11.7 Å². The molecule has 0 spiro atoms. The van der Waals surface area contributed by atoms with Crippen molar-refractivity contribution < 1.29 is 4.74 Å². The Morgan fingerprint density at radius 1 is 0.812 bits per heavy atom. The van der Waals surface area contributed by atoms with Gasteiger partial charge in [-0.05, 0) is 57.0 Å². The molecular formula is C12H10OS3. The molecule has 0 aliphatic carbocycles. The van der Waals surface area contributed by atoms with Gasteiger partial charge in [-0.25, -0.2) is 0 Å². The van der Waals surface area contributed by atoms with E-state index in [1.165, 1.54) is 14.7 Å². The minimum absolute atomic E-state index is 0.847. The van der Waals surface area contributed by atoms with Crippen molar-refractivity contribution in [3.63, 3.8) is 0 Å². The van der Waals surface area contributed by atoms with E-state index in [0.717, 1.165) is 11.5 Å². The van der Waals surface area contributed by atoms with Crippen LogP contribution >= 0.6 is 32.3 Å². The lowest BCUT2D eigenvalue weighted by molar-refractivity contribution is 0.482. The molecule has 0 N–H and O–H groups in total. The molecule has 0 aliphatic heterocycles. The number of benzene rings is 2. The van der Waals surface area contributed by atoms with E-state index >= 15 is 0 Å². The summed E-state index contributed by atoms with van der Waals surface area (Å²) in [5.74, 6) is 1.70. The fourth-order valence-electron chi connectivity index (χ4n) is 1.23. The van der Waals surface area contributed by atoms with E-state index in [-0.39, 0.29) is 0 Å². The van der Waals surface area contributed by atoms with Gasteiger partial charge in [0, 0.05) is 4.90 Å². The highest BCUT2D eigenvalue weighted by Crippen LogP contribution is 2.34. The normalized spacial score (nSPS) is 10.1. The second kappa shape index (κ2) is 6.13. The van der Waals surface area contributed by atoms with Gasteiger partial charge in [-0.1, -0.05) is 29.9 Å². The first-order chi connectivity index (χ1) is 7.88. The second-order valence-electron chi connectivity index (χ2n) is 3.04. The lowest BCUT2D eigenvalue weighted by atomic mass is 10.3. The fraction of sp³-hybridized carbons (Fsp3) is 0. The van der Waals surface area contributed by atoms with Crippen molar-refractivity contribution in [2.75, 3.05) is 0 Å². The molecule has 0 atom stereocenters. The van der Waals surface area contributed by atoms with Crippen LogP contribution in [0.25, 0.3) is 0 Å². The number of thiol groups is 1. The zero-order chi connectivity index (χ0) is 11.2. The lowest BCUT2D eigenvalue weighted by Crippen LogP contribution is -1.82. The van der Waals surface area contributed by atoms with Crippen LogP contribution in [-0.4, -0.2) is 0 Å². The van der Waals surface area contributed by atoms with E-state index in [1.54, 1.807) is 10.8 Å². The topological polar surface area (TPSA) is 9.23 Å². The van der Waals surface area contributed by atoms with Crippen LogP contribution in [0.3, 0.4) is 0 Å². The van der Waals surface area contributed by atoms with Crippen molar-refractivity contribution in [3.05, 3.63) is 54.6 Å². The zero-order valence-corrected chi connectivity index (χ0v) is 10.9. The minimum atomic E-state index is 0.847. The summed E-state index contributed by atoms with van der Waals surface area (Å²) >= 11 is 4.09. The predicted octanol–water partition coefficient (Wildman–Crippen LogP) is 5.06. The summed E-state index contributed by atoms with van der Waals surface area (Å²) in [5.41, 5.74) is 0. The van der Waals surface area contributed by atoms with Crippen molar-refractivity contribution in [2.45, 2.75) is 4.90 Å². The molecule has 4 heteroatoms. The van der Waals surface area contributed by atoms with Gasteiger partial charge in [0.05, 0.1) is 0 Å². The maximum atomic E-state index is 5.68. The molecule has 0 saturated heterocycles. The average Bonchev–Trinajstić information content (AvgIpc) is 2.33. The van der Waals surface area contributed by atoms with E-state index in [0.29, 0.717) is 0 Å². The van der Waals surface area contributed by atoms with E-state index in [9.17, 15) is 0 Å². The molecule has 0 amide bonds. The molecule has 0 aliphatic rings. The Kier molecular flexibility index (Phi) is 4.51. The molecule has 1 nitrogen and oxygen atoms in total. The summed E-state index contributed by atoms with van der Waals surface area (Å²) in [6, 6.07) is 17.7. The highest BCUT2D eigenvalue weighted by atomic mass is 33.5. The van der Waals surface area contributed by atoms with Gasteiger partial charge in [0.25, 0.3) is 0 Å². The summed E-state index contributed by atoms with van der Waals surface area (Å²) in [6.45, 7) is 0. The van der Waals surface area contributed by atoms with Crippen LogP contribution in [0.2, 0.25) is 0 Å². The van der Waals surface area contributed by atoms with Crippen molar-refractivity contribution >= 4 is 32.3 Å². The number of ether oxygens (including phenoxy) is 1. The number of hydrogen-bond donors (Lipinski definition) is 1. The smallest absolute Gasteiger partial charge is 0.127 e. The Morgan fingerprint density at radius 3 is 2.06 bits per heavy atom. The van der Waals surface area contributed by atoms with Crippen molar-refractivity contribution in [1.82, 2.24) is 0 Å². The van der Waals surface area contributed by atoms with Crippen molar-refractivity contribution in [1.29, 1.82) is 0 Å². The van der Waals surface area contributed by atoms with Crippen LogP contribution in [0.5, 0.6) is 11.5 Å². The summed E-state index contributed by atoms with van der Waals surface area (Å²) in [5, 5.41) is 0. The first-order valence-corrected chi connectivity index (χ1v) is 7.90. The first-order valence-electron chi connectivity index (χ1n) is 4.69. The van der Waals surface area contributed by atoms with Crippen molar-refractivity contribution in [3.8, 4) is 11.5 Å². The standard InChI is InChI=1S/C12H10OS3/c14-16-15-12-8-6-11(7-9-12)13-10-4-2-1-3-5-10/h1-9,14H. The molecular weight excluding hydrogens is 256 g/mol. The molecule has 0 saturated carbocycles. The summed E-state index contributed by atoms with van der Waals surface area (Å²) in [7, 11) is 3.05. The van der Waals surface area contributed by atoms with Gasteiger partial charge >= 0.3 is 0 Å². The highest BCUT2D eigenvalue weighted by Gasteiger charge is 1.97. The van der Waals surface area contributed by atoms with Crippen LogP contribution in [0.1, 0.15) is 0 Å². The molecule has 0 radical (unpaired) electrons. The Hall–Kier alpha value is -0.710. The monoisotopic (exact) mass is 266 g/mol. The molecule has 2 aromatic rings. The Balaban J connectivity index is 2.05. The van der Waals surface area contributed by atoms with Gasteiger partial charge in [-0.15, -0.1) is 0 Å². The number of hydrogen-bond acceptors (Lipinski definition) is 4. The van der Waals surface area contributed by atoms with Gasteiger partial charge in [0.15, 0.2) is 0 Å². The molecule has 2 aromatic carbocycles. The first kappa shape index (κ1) is 11.8. The van der Waals surface area contributed by atoms with Gasteiger partial charge in [-0.2, -0.15) is 0 Å². The third-order valence-electron chi connectivity index (χ3n) is 1.94. The van der Waals surface area contributed by atoms with Gasteiger partial charge in [0.2, 0.25) is 0 Å². The minimum Gasteiger partial charge on any atom is -0.457 e. The Bertz CT molecular complexity index is 428. The Morgan fingerprint density at radius 2 is 1.44 bits per heavy atom. The summed E-state index contributed by atoms with van der Waals surface area (Å²) < 4.78 is 5.68. The fourth-order valence-corrected chi connectivity index (χ4v) is 2.93. The number of para-hydroxylation sites is 1. The summed E-state index contributed by atoms with van der Waals surface area (Å²) in [4.78, 5) is 1.17. The molecule has 2 rings (SSSR count). The maximum Gasteiger partial charge on any atom is 0.127 e. The zero-order valence-electron chi connectivity index (χ0n) is 8.37. The predicted molar refractivity (Wildman–Crippen MR) is 75.4 cm³/mol. The molecule has 0 aromatic heterocycles. The van der Waals surface area contributed by atoms with Crippen LogP contribution in [0.4, 0.5) is 0 Å². The largest absolute Gasteiger partial charge is 0.457 e. The molecule has 0 bridgehead atoms. The molecule has 0 heterocycles. The van der Waals surface area contributed by atoms with Gasteiger partial charge < -0.3 is 4.74 Å². The average molecular weight is 266 g/mol. The highest BCUT2D eigenvalue weighted by molar-refractivity contribution is 9.05. The Labute approximate surface area is 108 Å². The van der Waals surface area contributed by atoms with Crippen LogP contribution in [0, 0.1) is 0 Å². The number of rotatable bonds is 4. The third-order valence-corrected chi connectivity index (χ3v) is 3.95. The quantitative estimate of drug-likeness (QED) is 0.612. The van der Waals surface area contributed by atoms with Crippen LogP contribution in [0.15, 0.2) is 59.5 Å². The van der Waals surface area contributed by atoms with E-state index in [1.807, 2.05) is 54.6 Å². The molecule has 0 fully saturated rings. The molecule has 16 heavy (non-hydrogen) atoms. The maximum absolute atomic E-state index is 5.68. The van der Waals surface area contributed by atoms with Gasteiger partial charge in [0.1, 0.15) is 11.5 Å². The second-order valence-corrected chi connectivity index (χ2v) is 6.12. The van der Waals surface area contributed by atoms with Crippen LogP contribution in [-0.2, 0) is 0 Å². The van der Waals surface area contributed by atoms with E-state index in [4.69, 9.17) is 4.74 Å².